The molecule has 0 unspecified atom stereocenters. The van der Waals surface area contributed by atoms with E-state index in [-0.39, 0.29) is 5.57 Å². The average molecular weight is 477 g/mol. The standard InChI is InChI=1S/C26H21ClN2O5/c1-16-4-3-5-20(12-16)29-25(31)21(24(30)28-26(29)32)13-18-8-11-22(23(14-18)33-2)34-15-17-6-9-19(27)10-7-17/h3-14H,15H2,1-2H3,(H,28,30,32)/b21-13+. The Kier molecular flexibility index (Phi) is 6.65. The van der Waals surface area contributed by atoms with Crippen LogP contribution in [0.25, 0.3) is 6.08 Å². The van der Waals surface area contributed by atoms with Crippen molar-refractivity contribution in [2.75, 3.05) is 12.0 Å². The Balaban J connectivity index is 1.59. The number of carbonyl (C=O) groups is 3. The molecule has 0 aliphatic carbocycles. The molecule has 0 saturated carbocycles. The van der Waals surface area contributed by atoms with Crippen molar-refractivity contribution >= 4 is 41.2 Å². The summed E-state index contributed by atoms with van der Waals surface area (Å²) < 4.78 is 11.3. The van der Waals surface area contributed by atoms with Gasteiger partial charge in [-0.25, -0.2) is 9.69 Å². The highest BCUT2D eigenvalue weighted by atomic mass is 35.5. The third kappa shape index (κ3) is 4.94. The molecular formula is C26H21ClN2O5. The lowest BCUT2D eigenvalue weighted by atomic mass is 10.1. The molecule has 8 heteroatoms. The van der Waals surface area contributed by atoms with E-state index in [4.69, 9.17) is 21.1 Å². The number of hydrogen-bond acceptors (Lipinski definition) is 5. The summed E-state index contributed by atoms with van der Waals surface area (Å²) in [5.41, 5.74) is 2.55. The number of rotatable bonds is 6. The Morgan fingerprint density at radius 2 is 1.74 bits per heavy atom. The zero-order valence-electron chi connectivity index (χ0n) is 18.5. The van der Waals surface area contributed by atoms with Crippen LogP contribution in [0, 0.1) is 6.92 Å². The van der Waals surface area contributed by atoms with Gasteiger partial charge in [0.25, 0.3) is 11.8 Å². The lowest BCUT2D eigenvalue weighted by Gasteiger charge is -2.26. The van der Waals surface area contributed by atoms with E-state index in [2.05, 4.69) is 5.32 Å². The van der Waals surface area contributed by atoms with Crippen LogP contribution in [-0.4, -0.2) is 25.0 Å². The Bertz CT molecular complexity index is 1300. The third-order valence-electron chi connectivity index (χ3n) is 5.17. The predicted molar refractivity (Wildman–Crippen MR) is 129 cm³/mol. The first-order valence-electron chi connectivity index (χ1n) is 10.4. The number of urea groups is 1. The maximum absolute atomic E-state index is 13.1. The number of imide groups is 2. The highest BCUT2D eigenvalue weighted by Crippen LogP contribution is 2.30. The number of benzene rings is 3. The lowest BCUT2D eigenvalue weighted by molar-refractivity contribution is -0.122. The number of amides is 4. The van der Waals surface area contributed by atoms with Crippen LogP contribution in [0.4, 0.5) is 10.5 Å². The molecule has 0 aromatic heterocycles. The van der Waals surface area contributed by atoms with Crippen molar-refractivity contribution in [2.45, 2.75) is 13.5 Å². The van der Waals surface area contributed by atoms with Crippen molar-refractivity contribution < 1.29 is 23.9 Å². The Hall–Kier alpha value is -4.10. The zero-order valence-corrected chi connectivity index (χ0v) is 19.3. The fraction of sp³-hybridized carbons (Fsp3) is 0.115. The van der Waals surface area contributed by atoms with Gasteiger partial charge in [-0.1, -0.05) is 41.9 Å². The first kappa shape index (κ1) is 23.1. The number of nitrogens with zero attached hydrogens (tertiary/aromatic N) is 1. The van der Waals surface area contributed by atoms with Crippen molar-refractivity contribution in [3.8, 4) is 11.5 Å². The summed E-state index contributed by atoms with van der Waals surface area (Å²) in [5, 5.41) is 2.87. The number of methoxy groups -OCH3 is 1. The van der Waals surface area contributed by atoms with Crippen molar-refractivity contribution in [1.82, 2.24) is 5.32 Å². The molecule has 0 atom stereocenters. The number of hydrogen-bond donors (Lipinski definition) is 1. The van der Waals surface area contributed by atoms with Crippen LogP contribution in [0.1, 0.15) is 16.7 Å². The van der Waals surface area contributed by atoms with Gasteiger partial charge in [-0.3, -0.25) is 14.9 Å². The lowest BCUT2D eigenvalue weighted by Crippen LogP contribution is -2.54. The molecule has 0 radical (unpaired) electrons. The number of anilines is 1. The molecule has 0 bridgehead atoms. The van der Waals surface area contributed by atoms with Gasteiger partial charge in [0, 0.05) is 5.02 Å². The molecule has 0 spiro atoms. The molecule has 1 heterocycles. The Labute approximate surface area is 201 Å². The third-order valence-corrected chi connectivity index (χ3v) is 5.42. The van der Waals surface area contributed by atoms with Crippen LogP contribution in [0.5, 0.6) is 11.5 Å². The van der Waals surface area contributed by atoms with Gasteiger partial charge in [-0.05, 0) is 66.1 Å². The van der Waals surface area contributed by atoms with Crippen LogP contribution in [-0.2, 0) is 16.2 Å². The second-order valence-corrected chi connectivity index (χ2v) is 8.06. The summed E-state index contributed by atoms with van der Waals surface area (Å²) >= 11 is 5.91. The number of aryl methyl sites for hydroxylation is 1. The van der Waals surface area contributed by atoms with Gasteiger partial charge in [0.2, 0.25) is 0 Å². The molecule has 3 aromatic carbocycles. The average Bonchev–Trinajstić information content (AvgIpc) is 2.81. The van der Waals surface area contributed by atoms with Crippen LogP contribution in [0.15, 0.2) is 72.3 Å². The van der Waals surface area contributed by atoms with E-state index < -0.39 is 17.8 Å². The van der Waals surface area contributed by atoms with E-state index >= 15 is 0 Å². The minimum Gasteiger partial charge on any atom is -0.493 e. The predicted octanol–water partition coefficient (Wildman–Crippen LogP) is 4.90. The minimum atomic E-state index is -0.790. The second-order valence-electron chi connectivity index (χ2n) is 7.62. The Morgan fingerprint density at radius 3 is 2.44 bits per heavy atom. The number of carbonyl (C=O) groups excluding carboxylic acids is 3. The maximum Gasteiger partial charge on any atom is 0.335 e. The Morgan fingerprint density at radius 1 is 0.971 bits per heavy atom. The van der Waals surface area contributed by atoms with Crippen LogP contribution >= 0.6 is 11.6 Å². The fourth-order valence-corrected chi connectivity index (χ4v) is 3.59. The fourth-order valence-electron chi connectivity index (χ4n) is 3.46. The van der Waals surface area contributed by atoms with Gasteiger partial charge in [0.15, 0.2) is 11.5 Å². The van der Waals surface area contributed by atoms with Crippen LogP contribution in [0.2, 0.25) is 5.02 Å². The van der Waals surface area contributed by atoms with Crippen molar-refractivity contribution in [3.05, 3.63) is 94.0 Å². The zero-order chi connectivity index (χ0) is 24.2. The van der Waals surface area contributed by atoms with Crippen LogP contribution in [0.3, 0.4) is 0 Å². The molecule has 4 rings (SSSR count). The summed E-state index contributed by atoms with van der Waals surface area (Å²) in [6.45, 7) is 2.16. The van der Waals surface area contributed by atoms with Gasteiger partial charge in [0.05, 0.1) is 12.8 Å². The van der Waals surface area contributed by atoms with Gasteiger partial charge >= 0.3 is 6.03 Å². The largest absolute Gasteiger partial charge is 0.493 e. The molecule has 1 fully saturated rings. The van der Waals surface area contributed by atoms with E-state index in [0.29, 0.717) is 34.4 Å². The molecule has 1 N–H and O–H groups in total. The summed E-state index contributed by atoms with van der Waals surface area (Å²) in [6.07, 6.45) is 1.42. The van der Waals surface area contributed by atoms with E-state index in [1.54, 1.807) is 48.5 Å². The number of halogens is 1. The quantitative estimate of drug-likeness (QED) is 0.404. The van der Waals surface area contributed by atoms with Gasteiger partial charge in [-0.15, -0.1) is 0 Å². The van der Waals surface area contributed by atoms with Crippen molar-refractivity contribution in [3.63, 3.8) is 0 Å². The molecule has 1 saturated heterocycles. The summed E-state index contributed by atoms with van der Waals surface area (Å²) in [6, 6.07) is 18.4. The topological polar surface area (TPSA) is 84.9 Å². The minimum absolute atomic E-state index is 0.169. The highest BCUT2D eigenvalue weighted by molar-refractivity contribution is 6.39. The number of nitrogens with one attached hydrogen (secondary N) is 1. The van der Waals surface area contributed by atoms with E-state index in [0.717, 1.165) is 16.0 Å². The molecule has 7 nitrogen and oxygen atoms in total. The van der Waals surface area contributed by atoms with Gasteiger partial charge in [0.1, 0.15) is 12.2 Å². The molecule has 34 heavy (non-hydrogen) atoms. The van der Waals surface area contributed by atoms with E-state index in [1.807, 2.05) is 25.1 Å². The maximum atomic E-state index is 13.1. The highest BCUT2D eigenvalue weighted by Gasteiger charge is 2.36. The first-order chi connectivity index (χ1) is 16.4. The molecule has 3 aromatic rings. The summed E-state index contributed by atoms with van der Waals surface area (Å²) in [7, 11) is 1.50. The van der Waals surface area contributed by atoms with Gasteiger partial charge < -0.3 is 9.47 Å². The molecule has 4 amide bonds. The van der Waals surface area contributed by atoms with Crippen molar-refractivity contribution in [1.29, 1.82) is 0 Å². The normalized spacial score (nSPS) is 14.9. The van der Waals surface area contributed by atoms with Gasteiger partial charge in [-0.2, -0.15) is 0 Å². The SMILES string of the molecule is COc1cc(/C=C2\C(=O)NC(=O)N(c3cccc(C)c3)C2=O)ccc1OCc1ccc(Cl)cc1. The van der Waals surface area contributed by atoms with E-state index in [9.17, 15) is 14.4 Å². The van der Waals surface area contributed by atoms with Crippen molar-refractivity contribution in [2.24, 2.45) is 0 Å². The molecule has 172 valence electrons. The first-order valence-corrected chi connectivity index (χ1v) is 10.8. The number of ether oxygens (including phenoxy) is 2. The molecule has 1 aliphatic heterocycles. The molecule has 1 aliphatic rings. The second kappa shape index (κ2) is 9.80. The number of barbiturate groups is 1. The van der Waals surface area contributed by atoms with E-state index in [1.165, 1.54) is 13.2 Å². The summed E-state index contributed by atoms with van der Waals surface area (Å²) in [5.74, 6) is -0.545. The van der Waals surface area contributed by atoms with Crippen LogP contribution < -0.4 is 19.7 Å². The smallest absolute Gasteiger partial charge is 0.335 e. The summed E-state index contributed by atoms with van der Waals surface area (Å²) in [4.78, 5) is 38.9. The monoisotopic (exact) mass is 476 g/mol. The molecular weight excluding hydrogens is 456 g/mol.